The molecule has 1 unspecified atom stereocenters. The second-order valence-corrected chi connectivity index (χ2v) is 5.21. The number of nitrogens with one attached hydrogen (secondary N) is 1. The summed E-state index contributed by atoms with van der Waals surface area (Å²) in [6, 6.07) is -1.00. The van der Waals surface area contributed by atoms with Gasteiger partial charge in [0, 0.05) is 14.1 Å². The Balaban J connectivity index is 4.72. The number of nitrogens with zero attached hydrogens (tertiary/aromatic N) is 1. The summed E-state index contributed by atoms with van der Waals surface area (Å²) in [6.07, 6.45) is -0.996. The lowest BCUT2D eigenvalue weighted by Crippen LogP contribution is -2.48. The Morgan fingerprint density at radius 3 is 2.11 bits per heavy atom. The smallest absolute Gasteiger partial charge is 0.408 e. The van der Waals surface area contributed by atoms with Gasteiger partial charge in [0.25, 0.3) is 0 Å². The van der Waals surface area contributed by atoms with Gasteiger partial charge in [-0.3, -0.25) is 9.59 Å². The Bertz CT molecular complexity index is 347. The number of carbonyl (C=O) groups excluding carboxylic acids is 3. The number of methoxy groups -OCH3 is 1. The SMILES string of the molecule is COC(=O)CC(NC(=O)OC(C)(C)C)C(=O)N(C)C. The third-order valence-corrected chi connectivity index (χ3v) is 2.03. The molecule has 0 aliphatic heterocycles. The van der Waals surface area contributed by atoms with E-state index in [1.807, 2.05) is 0 Å². The highest BCUT2D eigenvalue weighted by atomic mass is 16.6. The van der Waals surface area contributed by atoms with Crippen LogP contribution in [0.25, 0.3) is 0 Å². The van der Waals surface area contributed by atoms with E-state index in [-0.39, 0.29) is 6.42 Å². The zero-order valence-corrected chi connectivity index (χ0v) is 12.3. The highest BCUT2D eigenvalue weighted by molar-refractivity contribution is 5.89. The van der Waals surface area contributed by atoms with Crippen molar-refractivity contribution in [1.29, 1.82) is 0 Å². The Hall–Kier alpha value is -1.79. The molecule has 2 amide bonds. The molecular weight excluding hydrogens is 252 g/mol. The van der Waals surface area contributed by atoms with E-state index < -0.39 is 29.6 Å². The average Bonchev–Trinajstić information content (AvgIpc) is 2.24. The minimum Gasteiger partial charge on any atom is -0.469 e. The fourth-order valence-electron chi connectivity index (χ4n) is 1.21. The van der Waals surface area contributed by atoms with E-state index in [1.54, 1.807) is 20.8 Å². The van der Waals surface area contributed by atoms with Gasteiger partial charge in [-0.05, 0) is 20.8 Å². The van der Waals surface area contributed by atoms with Gasteiger partial charge in [0.1, 0.15) is 11.6 Å². The topological polar surface area (TPSA) is 84.9 Å². The number of hydrogen-bond acceptors (Lipinski definition) is 5. The third-order valence-electron chi connectivity index (χ3n) is 2.03. The van der Waals surface area contributed by atoms with E-state index in [4.69, 9.17) is 4.74 Å². The molecule has 0 rings (SSSR count). The first-order chi connectivity index (χ1) is 8.56. The minimum absolute atomic E-state index is 0.243. The Morgan fingerprint density at radius 2 is 1.74 bits per heavy atom. The summed E-state index contributed by atoms with van der Waals surface area (Å²) in [6.45, 7) is 5.11. The maximum absolute atomic E-state index is 11.8. The number of alkyl carbamates (subject to hydrolysis) is 1. The van der Waals surface area contributed by atoms with Gasteiger partial charge < -0.3 is 19.7 Å². The average molecular weight is 274 g/mol. The van der Waals surface area contributed by atoms with Gasteiger partial charge in [0.05, 0.1) is 13.5 Å². The lowest BCUT2D eigenvalue weighted by Gasteiger charge is -2.24. The van der Waals surface area contributed by atoms with E-state index in [2.05, 4.69) is 10.1 Å². The molecule has 0 aliphatic rings. The fraction of sp³-hybridized carbons (Fsp3) is 0.750. The first kappa shape index (κ1) is 17.2. The van der Waals surface area contributed by atoms with Gasteiger partial charge in [0.2, 0.25) is 5.91 Å². The number of esters is 1. The van der Waals surface area contributed by atoms with Gasteiger partial charge in [0.15, 0.2) is 0 Å². The van der Waals surface area contributed by atoms with Crippen molar-refractivity contribution in [1.82, 2.24) is 10.2 Å². The van der Waals surface area contributed by atoms with E-state index in [0.29, 0.717) is 0 Å². The molecule has 0 saturated heterocycles. The number of ether oxygens (including phenoxy) is 2. The highest BCUT2D eigenvalue weighted by Crippen LogP contribution is 2.08. The van der Waals surface area contributed by atoms with Crippen LogP contribution >= 0.6 is 0 Å². The van der Waals surface area contributed by atoms with Crippen LogP contribution in [0.1, 0.15) is 27.2 Å². The van der Waals surface area contributed by atoms with E-state index in [1.165, 1.54) is 26.1 Å². The summed E-state index contributed by atoms with van der Waals surface area (Å²) in [5.74, 6) is -0.993. The van der Waals surface area contributed by atoms with Gasteiger partial charge in [-0.25, -0.2) is 4.79 Å². The third kappa shape index (κ3) is 7.28. The van der Waals surface area contributed by atoms with E-state index in [0.717, 1.165) is 0 Å². The number of rotatable bonds is 4. The second-order valence-electron chi connectivity index (χ2n) is 5.21. The molecule has 0 bridgehead atoms. The van der Waals surface area contributed by atoms with Crippen LogP contribution in [0.15, 0.2) is 0 Å². The summed E-state index contributed by atoms with van der Waals surface area (Å²) in [5.41, 5.74) is -0.680. The van der Waals surface area contributed by atoms with Crippen molar-refractivity contribution in [3.8, 4) is 0 Å². The van der Waals surface area contributed by atoms with Crippen molar-refractivity contribution in [3.63, 3.8) is 0 Å². The molecule has 19 heavy (non-hydrogen) atoms. The van der Waals surface area contributed by atoms with Gasteiger partial charge >= 0.3 is 12.1 Å². The van der Waals surface area contributed by atoms with Gasteiger partial charge in [-0.1, -0.05) is 0 Å². The number of amides is 2. The summed E-state index contributed by atoms with van der Waals surface area (Å²) in [4.78, 5) is 36.0. The predicted octanol–water partition coefficient (Wildman–Crippen LogP) is 0.531. The number of likely N-dealkylation sites (N-methyl/N-ethyl adjacent to an activating group) is 1. The van der Waals surface area contributed by atoms with E-state index in [9.17, 15) is 14.4 Å². The first-order valence-corrected chi connectivity index (χ1v) is 5.84. The molecule has 0 saturated carbocycles. The quantitative estimate of drug-likeness (QED) is 0.756. The van der Waals surface area contributed by atoms with Gasteiger partial charge in [-0.2, -0.15) is 0 Å². The zero-order chi connectivity index (χ0) is 15.2. The lowest BCUT2D eigenvalue weighted by molar-refractivity contribution is -0.144. The molecule has 7 nitrogen and oxygen atoms in total. The van der Waals surface area contributed by atoms with Crippen LogP contribution in [0.2, 0.25) is 0 Å². The molecule has 1 N–H and O–H groups in total. The van der Waals surface area contributed by atoms with Crippen LogP contribution in [0, 0.1) is 0 Å². The number of hydrogen-bond donors (Lipinski definition) is 1. The fourth-order valence-corrected chi connectivity index (χ4v) is 1.21. The number of carbonyl (C=O) groups is 3. The Labute approximate surface area is 113 Å². The Kier molecular flexibility index (Phi) is 6.31. The molecule has 0 aromatic heterocycles. The molecule has 7 heteroatoms. The second kappa shape index (κ2) is 6.96. The molecule has 0 fully saturated rings. The van der Waals surface area contributed by atoms with Crippen molar-refractivity contribution in [2.24, 2.45) is 0 Å². The maximum atomic E-state index is 11.8. The zero-order valence-electron chi connectivity index (χ0n) is 12.3. The summed E-state index contributed by atoms with van der Waals surface area (Å²) < 4.78 is 9.53. The molecule has 0 heterocycles. The summed E-state index contributed by atoms with van der Waals surface area (Å²) in [7, 11) is 4.28. The van der Waals surface area contributed by atoms with E-state index >= 15 is 0 Å². The molecule has 1 atom stereocenters. The minimum atomic E-state index is -1.00. The molecule has 0 spiro atoms. The van der Waals surface area contributed by atoms with Crippen LogP contribution in [0.3, 0.4) is 0 Å². The van der Waals surface area contributed by atoms with Crippen molar-refractivity contribution in [3.05, 3.63) is 0 Å². The van der Waals surface area contributed by atoms with Crippen LogP contribution in [0.5, 0.6) is 0 Å². The van der Waals surface area contributed by atoms with Gasteiger partial charge in [-0.15, -0.1) is 0 Å². The molecular formula is C12H22N2O5. The largest absolute Gasteiger partial charge is 0.469 e. The molecule has 0 aromatic rings. The summed E-state index contributed by atoms with van der Waals surface area (Å²) in [5, 5.41) is 2.37. The van der Waals surface area contributed by atoms with Crippen molar-refractivity contribution in [2.75, 3.05) is 21.2 Å². The first-order valence-electron chi connectivity index (χ1n) is 5.84. The van der Waals surface area contributed by atoms with Crippen LogP contribution in [0.4, 0.5) is 4.79 Å². The van der Waals surface area contributed by atoms with Crippen LogP contribution in [-0.2, 0) is 19.1 Å². The van der Waals surface area contributed by atoms with Crippen molar-refractivity contribution >= 4 is 18.0 Å². The molecule has 0 aromatic carbocycles. The molecule has 0 radical (unpaired) electrons. The highest BCUT2D eigenvalue weighted by Gasteiger charge is 2.27. The monoisotopic (exact) mass is 274 g/mol. The van der Waals surface area contributed by atoms with Crippen LogP contribution in [-0.4, -0.2) is 55.7 Å². The van der Waals surface area contributed by atoms with Crippen molar-refractivity contribution in [2.45, 2.75) is 38.8 Å². The Morgan fingerprint density at radius 1 is 1.21 bits per heavy atom. The van der Waals surface area contributed by atoms with Crippen molar-refractivity contribution < 1.29 is 23.9 Å². The molecule has 110 valence electrons. The predicted molar refractivity (Wildman–Crippen MR) is 68.5 cm³/mol. The summed E-state index contributed by atoms with van der Waals surface area (Å²) >= 11 is 0. The molecule has 0 aliphatic carbocycles. The lowest BCUT2D eigenvalue weighted by atomic mass is 10.2. The maximum Gasteiger partial charge on any atom is 0.408 e. The normalized spacial score (nSPS) is 12.3. The van der Waals surface area contributed by atoms with Crippen LogP contribution < -0.4 is 5.32 Å². The standard InChI is InChI=1S/C12H22N2O5/c1-12(2,3)19-11(17)13-8(7-9(15)18-6)10(16)14(4)5/h8H,7H2,1-6H3,(H,13,17).